The predicted molar refractivity (Wildman–Crippen MR) is 139 cm³/mol. The number of rotatable bonds is 5. The molecule has 9 heteroatoms. The van der Waals surface area contributed by atoms with E-state index in [0.717, 1.165) is 27.1 Å². The maximum atomic E-state index is 11.4. The van der Waals surface area contributed by atoms with Gasteiger partial charge in [0.2, 0.25) is 0 Å². The minimum atomic E-state index is -0.382. The minimum Gasteiger partial charge on any atom is -0.351 e. The van der Waals surface area contributed by atoms with Crippen LogP contribution in [-0.4, -0.2) is 19.6 Å². The molecular formula is C25H20BrN5O2S. The number of hydrogen-bond acceptors (Lipinski definition) is 4. The number of thiocarbonyl (C=S) groups is 1. The number of aromatic nitrogens is 2. The zero-order chi connectivity index (χ0) is 23.8. The highest BCUT2D eigenvalue weighted by atomic mass is 79.9. The lowest BCUT2D eigenvalue weighted by Gasteiger charge is -2.29. The van der Waals surface area contributed by atoms with Gasteiger partial charge in [0.25, 0.3) is 5.69 Å². The fraction of sp³-hybridized carbons (Fsp3) is 0.120. The number of nitro benzene ring substituents is 1. The first-order valence-corrected chi connectivity index (χ1v) is 11.8. The summed E-state index contributed by atoms with van der Waals surface area (Å²) in [6, 6.07) is 22.1. The van der Waals surface area contributed by atoms with Crippen LogP contribution in [0.3, 0.4) is 0 Å². The van der Waals surface area contributed by atoms with E-state index in [2.05, 4.69) is 37.2 Å². The maximum Gasteiger partial charge on any atom is 0.271 e. The first-order chi connectivity index (χ1) is 16.4. The van der Waals surface area contributed by atoms with Crippen LogP contribution >= 0.6 is 28.1 Å². The molecule has 0 bridgehead atoms. The van der Waals surface area contributed by atoms with Gasteiger partial charge in [0.1, 0.15) is 6.04 Å². The highest BCUT2D eigenvalue weighted by Gasteiger charge is 2.42. The smallest absolute Gasteiger partial charge is 0.271 e. The monoisotopic (exact) mass is 533 g/mol. The van der Waals surface area contributed by atoms with Gasteiger partial charge in [-0.25, -0.2) is 0 Å². The number of pyridine rings is 1. The first-order valence-electron chi connectivity index (χ1n) is 10.6. The van der Waals surface area contributed by atoms with Gasteiger partial charge in [-0.2, -0.15) is 0 Å². The molecule has 1 fully saturated rings. The van der Waals surface area contributed by atoms with Crippen molar-refractivity contribution in [1.82, 2.24) is 14.9 Å². The van der Waals surface area contributed by atoms with Crippen molar-refractivity contribution in [2.75, 3.05) is 4.90 Å². The number of benzene rings is 2. The van der Waals surface area contributed by atoms with Crippen molar-refractivity contribution in [2.24, 2.45) is 0 Å². The Bertz CT molecular complexity index is 1390. The van der Waals surface area contributed by atoms with Crippen LogP contribution in [0.25, 0.3) is 5.69 Å². The summed E-state index contributed by atoms with van der Waals surface area (Å²) in [4.78, 5) is 17.7. The van der Waals surface area contributed by atoms with Crippen LogP contribution in [0.1, 0.15) is 29.0 Å². The molecule has 0 radical (unpaired) electrons. The summed E-state index contributed by atoms with van der Waals surface area (Å²) >= 11 is 9.40. The van der Waals surface area contributed by atoms with Crippen LogP contribution < -0.4 is 10.2 Å². The summed E-state index contributed by atoms with van der Waals surface area (Å²) in [6.07, 6.45) is 3.68. The van der Waals surface area contributed by atoms with Gasteiger partial charge < -0.3 is 14.8 Å². The summed E-state index contributed by atoms with van der Waals surface area (Å²) in [7, 11) is 0. The number of aryl methyl sites for hydroxylation is 1. The largest absolute Gasteiger partial charge is 0.351 e. The van der Waals surface area contributed by atoms with E-state index < -0.39 is 0 Å². The molecule has 2 atom stereocenters. The second-order valence-corrected chi connectivity index (χ2v) is 9.25. The Morgan fingerprint density at radius 1 is 1.06 bits per heavy atom. The third kappa shape index (κ3) is 3.97. The standard InChI is InChI=1S/C25H20BrN5O2S/c1-16-14-18(10-11-20(16)26)30-24(23(28-25(30)34)21-8-2-3-12-27-21)22-9-5-13-29(22)17-6-4-7-19(15-17)31(32)33/h2-15,23-24H,1H3,(H,28,34)/t23-,24-/m0/s1. The summed E-state index contributed by atoms with van der Waals surface area (Å²) in [6.45, 7) is 2.04. The lowest BCUT2D eigenvalue weighted by molar-refractivity contribution is -0.384. The van der Waals surface area contributed by atoms with Gasteiger partial charge in [-0.3, -0.25) is 15.1 Å². The molecule has 0 saturated carbocycles. The fourth-order valence-corrected chi connectivity index (χ4v) is 4.93. The molecule has 0 spiro atoms. The number of nitrogens with zero attached hydrogens (tertiary/aromatic N) is 4. The van der Waals surface area contributed by atoms with Gasteiger partial charge in [0.05, 0.1) is 22.3 Å². The molecule has 3 heterocycles. The van der Waals surface area contributed by atoms with E-state index in [9.17, 15) is 10.1 Å². The highest BCUT2D eigenvalue weighted by molar-refractivity contribution is 9.10. The zero-order valence-electron chi connectivity index (χ0n) is 18.1. The molecule has 2 aromatic heterocycles. The molecule has 0 unspecified atom stereocenters. The lowest BCUT2D eigenvalue weighted by atomic mass is 10.0. The van der Waals surface area contributed by atoms with E-state index in [1.54, 1.807) is 18.3 Å². The zero-order valence-corrected chi connectivity index (χ0v) is 20.5. The van der Waals surface area contributed by atoms with Gasteiger partial charge in [0, 0.05) is 40.4 Å². The molecule has 170 valence electrons. The Morgan fingerprint density at radius 3 is 2.65 bits per heavy atom. The number of non-ortho nitro benzene ring substituents is 1. The second kappa shape index (κ2) is 9.00. The Balaban J connectivity index is 1.67. The van der Waals surface area contributed by atoms with Gasteiger partial charge in [0.15, 0.2) is 5.11 Å². The minimum absolute atomic E-state index is 0.0406. The van der Waals surface area contributed by atoms with Crippen molar-refractivity contribution in [2.45, 2.75) is 19.0 Å². The molecule has 2 aromatic carbocycles. The lowest BCUT2D eigenvalue weighted by Crippen LogP contribution is -2.30. The molecule has 5 rings (SSSR count). The van der Waals surface area contributed by atoms with E-state index in [4.69, 9.17) is 12.2 Å². The average molecular weight is 534 g/mol. The van der Waals surface area contributed by atoms with E-state index in [0.29, 0.717) is 10.8 Å². The number of halogens is 1. The fourth-order valence-electron chi connectivity index (χ4n) is 4.34. The first kappa shape index (κ1) is 22.2. The molecule has 0 aliphatic carbocycles. The number of hydrogen-bond donors (Lipinski definition) is 1. The summed E-state index contributed by atoms with van der Waals surface area (Å²) in [5, 5.41) is 15.4. The SMILES string of the molecule is Cc1cc(N2C(=S)N[C@@H](c3ccccn3)[C@@H]2c2cccn2-c2cccc([N+](=O)[O-])c2)ccc1Br. The molecule has 1 aliphatic rings. The van der Waals surface area contributed by atoms with Crippen molar-refractivity contribution in [3.63, 3.8) is 0 Å². The summed E-state index contributed by atoms with van der Waals surface area (Å²) in [5.41, 5.74) is 4.59. The van der Waals surface area contributed by atoms with Gasteiger partial charge in [-0.05, 0) is 73.2 Å². The normalized spacial score (nSPS) is 17.6. The van der Waals surface area contributed by atoms with Crippen molar-refractivity contribution in [3.05, 3.63) is 117 Å². The van der Waals surface area contributed by atoms with Crippen molar-refractivity contribution < 1.29 is 4.92 Å². The van der Waals surface area contributed by atoms with Crippen LogP contribution in [0.15, 0.2) is 89.7 Å². The Morgan fingerprint density at radius 2 is 1.91 bits per heavy atom. The molecule has 1 aliphatic heterocycles. The quantitative estimate of drug-likeness (QED) is 0.192. The molecule has 1 saturated heterocycles. The topological polar surface area (TPSA) is 76.2 Å². The molecular weight excluding hydrogens is 514 g/mol. The Hall–Kier alpha value is -3.56. The number of anilines is 1. The molecule has 7 nitrogen and oxygen atoms in total. The van der Waals surface area contributed by atoms with Crippen LogP contribution in [0.4, 0.5) is 11.4 Å². The highest BCUT2D eigenvalue weighted by Crippen LogP contribution is 2.43. The van der Waals surface area contributed by atoms with Crippen LogP contribution in [0.5, 0.6) is 0 Å². The van der Waals surface area contributed by atoms with Crippen LogP contribution in [0, 0.1) is 17.0 Å². The van der Waals surface area contributed by atoms with Gasteiger partial charge in [-0.15, -0.1) is 0 Å². The molecule has 34 heavy (non-hydrogen) atoms. The van der Waals surface area contributed by atoms with E-state index in [1.165, 1.54) is 6.07 Å². The molecule has 0 amide bonds. The molecule has 1 N–H and O–H groups in total. The average Bonchev–Trinajstić information content (AvgIpc) is 3.46. The number of nitro groups is 1. The summed E-state index contributed by atoms with van der Waals surface area (Å²) < 4.78 is 2.99. The summed E-state index contributed by atoms with van der Waals surface area (Å²) in [5.74, 6) is 0. The van der Waals surface area contributed by atoms with Crippen LogP contribution in [0.2, 0.25) is 0 Å². The van der Waals surface area contributed by atoms with Gasteiger partial charge >= 0.3 is 0 Å². The van der Waals surface area contributed by atoms with E-state index >= 15 is 0 Å². The third-order valence-electron chi connectivity index (χ3n) is 5.92. The van der Waals surface area contributed by atoms with E-state index in [1.807, 2.05) is 66.2 Å². The predicted octanol–water partition coefficient (Wildman–Crippen LogP) is 6.03. The third-order valence-corrected chi connectivity index (χ3v) is 7.12. The van der Waals surface area contributed by atoms with Gasteiger partial charge in [-0.1, -0.05) is 28.1 Å². The van der Waals surface area contributed by atoms with E-state index in [-0.39, 0.29) is 22.7 Å². The van der Waals surface area contributed by atoms with Crippen molar-refractivity contribution >= 4 is 44.6 Å². The Labute approximate surface area is 210 Å². The molecule has 4 aromatic rings. The maximum absolute atomic E-state index is 11.4. The van der Waals surface area contributed by atoms with Crippen LogP contribution in [-0.2, 0) is 0 Å². The van der Waals surface area contributed by atoms with Crippen molar-refractivity contribution in [3.8, 4) is 5.69 Å². The van der Waals surface area contributed by atoms with Crippen molar-refractivity contribution in [1.29, 1.82) is 0 Å². The Kier molecular flexibility index (Phi) is 5.89. The second-order valence-electron chi connectivity index (χ2n) is 8.01. The number of nitrogens with one attached hydrogen (secondary N) is 1.